The maximum Gasteiger partial charge on any atom is 0.277 e. The number of ketones is 1. The summed E-state index contributed by atoms with van der Waals surface area (Å²) < 4.78 is 15.9. The molecule has 0 aliphatic heterocycles. The van der Waals surface area contributed by atoms with Crippen molar-refractivity contribution in [2.75, 3.05) is 20.0 Å². The molecule has 0 radical (unpaired) electrons. The highest BCUT2D eigenvalue weighted by Crippen LogP contribution is 2.27. The summed E-state index contributed by atoms with van der Waals surface area (Å²) in [5, 5.41) is 8.21. The molecular weight excluding hydrogens is 330 g/mol. The fraction of sp³-hybridized carbons (Fsp3) is 0.188. The van der Waals surface area contributed by atoms with E-state index in [9.17, 15) is 4.79 Å². The van der Waals surface area contributed by atoms with Gasteiger partial charge in [0.05, 0.1) is 25.5 Å². The van der Waals surface area contributed by atoms with E-state index in [0.717, 1.165) is 5.69 Å². The molecule has 0 spiro atoms. The Hall–Kier alpha value is -2.74. The molecule has 124 valence electrons. The molecule has 8 heteroatoms. The predicted molar refractivity (Wildman–Crippen MR) is 88.7 cm³/mol. The van der Waals surface area contributed by atoms with Gasteiger partial charge >= 0.3 is 0 Å². The Labute approximate surface area is 142 Å². The van der Waals surface area contributed by atoms with E-state index in [1.807, 2.05) is 12.1 Å². The SMILES string of the molecule is COc1ccc(C(=O)CSc2nnc(-c3ccc[nH]3)o2)c(OC)c1. The molecule has 3 rings (SSSR count). The Bertz CT molecular complexity index is 830. The zero-order valence-electron chi connectivity index (χ0n) is 13.1. The second-order valence-electron chi connectivity index (χ2n) is 4.73. The molecule has 0 atom stereocenters. The highest BCUT2D eigenvalue weighted by atomic mass is 32.2. The monoisotopic (exact) mass is 345 g/mol. The van der Waals surface area contributed by atoms with Crippen LogP contribution in [0, 0.1) is 0 Å². The number of methoxy groups -OCH3 is 2. The summed E-state index contributed by atoms with van der Waals surface area (Å²) in [7, 11) is 3.07. The van der Waals surface area contributed by atoms with Gasteiger partial charge in [-0.1, -0.05) is 11.8 Å². The van der Waals surface area contributed by atoms with Gasteiger partial charge in [-0.25, -0.2) is 0 Å². The van der Waals surface area contributed by atoms with Gasteiger partial charge < -0.3 is 18.9 Å². The molecular formula is C16H15N3O4S. The van der Waals surface area contributed by atoms with Crippen molar-refractivity contribution in [2.24, 2.45) is 0 Å². The van der Waals surface area contributed by atoms with Crippen molar-refractivity contribution in [3.63, 3.8) is 0 Å². The molecule has 0 unspecified atom stereocenters. The van der Waals surface area contributed by atoms with E-state index >= 15 is 0 Å². The molecule has 0 aliphatic carbocycles. The lowest BCUT2D eigenvalue weighted by Gasteiger charge is -2.08. The lowest BCUT2D eigenvalue weighted by atomic mass is 10.1. The zero-order valence-corrected chi connectivity index (χ0v) is 13.9. The van der Waals surface area contributed by atoms with E-state index in [1.54, 1.807) is 31.5 Å². The van der Waals surface area contributed by atoms with E-state index in [1.165, 1.54) is 18.9 Å². The zero-order chi connectivity index (χ0) is 16.9. The van der Waals surface area contributed by atoms with Gasteiger partial charge in [-0.2, -0.15) is 0 Å². The molecule has 0 saturated carbocycles. The highest BCUT2D eigenvalue weighted by molar-refractivity contribution is 7.99. The summed E-state index contributed by atoms with van der Waals surface area (Å²) >= 11 is 1.18. The summed E-state index contributed by atoms with van der Waals surface area (Å²) in [6.45, 7) is 0. The Morgan fingerprint density at radius 1 is 1.25 bits per heavy atom. The molecule has 1 N–H and O–H groups in total. The first-order chi connectivity index (χ1) is 11.7. The molecule has 2 aromatic heterocycles. The van der Waals surface area contributed by atoms with Crippen molar-refractivity contribution in [2.45, 2.75) is 5.22 Å². The van der Waals surface area contributed by atoms with Crippen molar-refractivity contribution in [3.8, 4) is 23.1 Å². The van der Waals surface area contributed by atoms with Gasteiger partial charge in [-0.15, -0.1) is 10.2 Å². The van der Waals surface area contributed by atoms with Gasteiger partial charge in [0.2, 0.25) is 0 Å². The first-order valence-electron chi connectivity index (χ1n) is 7.06. The van der Waals surface area contributed by atoms with Gasteiger partial charge in [-0.3, -0.25) is 4.79 Å². The fourth-order valence-corrected chi connectivity index (χ4v) is 2.72. The van der Waals surface area contributed by atoms with Crippen LogP contribution in [0.3, 0.4) is 0 Å². The summed E-state index contributed by atoms with van der Waals surface area (Å²) in [6.07, 6.45) is 1.77. The van der Waals surface area contributed by atoms with E-state index in [2.05, 4.69) is 15.2 Å². The Balaban J connectivity index is 1.67. The molecule has 24 heavy (non-hydrogen) atoms. The summed E-state index contributed by atoms with van der Waals surface area (Å²) in [4.78, 5) is 15.4. The van der Waals surface area contributed by atoms with Gasteiger partial charge in [0.1, 0.15) is 17.2 Å². The molecule has 7 nitrogen and oxygen atoms in total. The van der Waals surface area contributed by atoms with Gasteiger partial charge in [0.25, 0.3) is 11.1 Å². The van der Waals surface area contributed by atoms with Crippen LogP contribution in [0.15, 0.2) is 46.2 Å². The van der Waals surface area contributed by atoms with E-state index in [4.69, 9.17) is 13.9 Å². The third-order valence-electron chi connectivity index (χ3n) is 3.27. The number of ether oxygens (including phenoxy) is 2. The topological polar surface area (TPSA) is 90.2 Å². The minimum absolute atomic E-state index is 0.0980. The number of hydrogen-bond acceptors (Lipinski definition) is 7. The Kier molecular flexibility index (Phi) is 4.85. The quantitative estimate of drug-likeness (QED) is 0.520. The third kappa shape index (κ3) is 3.43. The lowest BCUT2D eigenvalue weighted by Crippen LogP contribution is -2.05. The number of Topliss-reactive ketones (excluding diaryl/α,β-unsaturated/α-hetero) is 1. The number of H-pyrrole nitrogens is 1. The number of carbonyl (C=O) groups excluding carboxylic acids is 1. The lowest BCUT2D eigenvalue weighted by molar-refractivity contribution is 0.101. The second kappa shape index (κ2) is 7.22. The van der Waals surface area contributed by atoms with Crippen LogP contribution in [-0.2, 0) is 0 Å². The van der Waals surface area contributed by atoms with Crippen molar-refractivity contribution in [1.29, 1.82) is 0 Å². The van der Waals surface area contributed by atoms with Crippen LogP contribution in [0.5, 0.6) is 11.5 Å². The van der Waals surface area contributed by atoms with Gasteiger partial charge in [-0.05, 0) is 24.3 Å². The third-order valence-corrected chi connectivity index (χ3v) is 4.09. The van der Waals surface area contributed by atoms with Crippen molar-refractivity contribution >= 4 is 17.5 Å². The normalized spacial score (nSPS) is 10.6. The standard InChI is InChI=1S/C16H15N3O4S/c1-21-10-5-6-11(14(8-10)22-2)13(20)9-24-16-19-18-15(23-16)12-4-3-7-17-12/h3-8,17H,9H2,1-2H3. The Morgan fingerprint density at radius 2 is 2.12 bits per heavy atom. The summed E-state index contributed by atoms with van der Waals surface area (Å²) in [6, 6.07) is 8.74. The number of aromatic amines is 1. The number of benzene rings is 1. The largest absolute Gasteiger partial charge is 0.497 e. The predicted octanol–water partition coefficient (Wildman–Crippen LogP) is 3.06. The van der Waals surface area contributed by atoms with Crippen LogP contribution in [0.4, 0.5) is 0 Å². The number of rotatable bonds is 7. The van der Waals surface area contributed by atoms with Crippen LogP contribution in [0.1, 0.15) is 10.4 Å². The van der Waals surface area contributed by atoms with Crippen LogP contribution in [0.2, 0.25) is 0 Å². The molecule has 0 aliphatic rings. The smallest absolute Gasteiger partial charge is 0.277 e. The van der Waals surface area contributed by atoms with Crippen molar-refractivity contribution in [3.05, 3.63) is 42.1 Å². The molecule has 3 aromatic rings. The molecule has 1 aromatic carbocycles. The number of aromatic nitrogens is 3. The van der Waals surface area contributed by atoms with E-state index in [0.29, 0.717) is 28.2 Å². The first kappa shape index (κ1) is 16.1. The molecule has 0 bridgehead atoms. The summed E-state index contributed by atoms with van der Waals surface area (Å²) in [5.74, 6) is 1.55. The second-order valence-corrected chi connectivity index (χ2v) is 5.66. The number of carbonyl (C=O) groups is 1. The van der Waals surface area contributed by atoms with E-state index < -0.39 is 0 Å². The number of nitrogens with zero attached hydrogens (tertiary/aromatic N) is 2. The fourth-order valence-electron chi connectivity index (χ4n) is 2.07. The Morgan fingerprint density at radius 3 is 2.83 bits per heavy atom. The molecule has 0 fully saturated rings. The number of hydrogen-bond donors (Lipinski definition) is 1. The van der Waals surface area contributed by atoms with Crippen LogP contribution in [-0.4, -0.2) is 40.9 Å². The van der Waals surface area contributed by atoms with Crippen molar-refractivity contribution in [1.82, 2.24) is 15.2 Å². The highest BCUT2D eigenvalue weighted by Gasteiger charge is 2.16. The van der Waals surface area contributed by atoms with Gasteiger partial charge in [0.15, 0.2) is 5.78 Å². The van der Waals surface area contributed by atoms with Gasteiger partial charge in [0, 0.05) is 12.3 Å². The first-order valence-corrected chi connectivity index (χ1v) is 8.05. The minimum Gasteiger partial charge on any atom is -0.497 e. The van der Waals surface area contributed by atoms with Crippen LogP contribution in [0.25, 0.3) is 11.6 Å². The van der Waals surface area contributed by atoms with Crippen LogP contribution < -0.4 is 9.47 Å². The van der Waals surface area contributed by atoms with Crippen LogP contribution >= 0.6 is 11.8 Å². The average molecular weight is 345 g/mol. The van der Waals surface area contributed by atoms with E-state index in [-0.39, 0.29) is 11.5 Å². The summed E-state index contributed by atoms with van der Waals surface area (Å²) in [5.41, 5.74) is 1.22. The minimum atomic E-state index is -0.0980. The maximum atomic E-state index is 12.4. The average Bonchev–Trinajstić information content (AvgIpc) is 3.30. The molecule has 0 amide bonds. The maximum absolute atomic E-state index is 12.4. The number of nitrogens with one attached hydrogen (secondary N) is 1. The number of thioether (sulfide) groups is 1. The molecule has 0 saturated heterocycles. The molecule has 2 heterocycles. The van der Waals surface area contributed by atoms with Crippen molar-refractivity contribution < 1.29 is 18.7 Å².